The summed E-state index contributed by atoms with van der Waals surface area (Å²) in [7, 11) is 0. The SMILES string of the molecule is CCC(C)(C)OCCC(C)(C)OC(=O)NCCCCCC(N)=O. The molecule has 0 saturated carbocycles. The number of nitrogens with one attached hydrogen (secondary N) is 1. The Hall–Kier alpha value is -1.30. The first-order valence-corrected chi connectivity index (χ1v) is 8.47. The summed E-state index contributed by atoms with van der Waals surface area (Å²) in [5, 5.41) is 2.73. The maximum atomic E-state index is 11.8. The van der Waals surface area contributed by atoms with Gasteiger partial charge >= 0.3 is 6.09 Å². The summed E-state index contributed by atoms with van der Waals surface area (Å²) in [6.45, 7) is 11.0. The zero-order valence-electron chi connectivity index (χ0n) is 15.4. The molecule has 0 unspecified atom stereocenters. The number of alkyl carbamates (subject to hydrolysis) is 1. The number of hydrogen-bond acceptors (Lipinski definition) is 4. The molecule has 0 spiro atoms. The van der Waals surface area contributed by atoms with Crippen LogP contribution in [-0.2, 0) is 14.3 Å². The molecule has 0 rings (SSSR count). The summed E-state index contributed by atoms with van der Waals surface area (Å²) in [5.41, 5.74) is 4.34. The molecule has 0 aliphatic rings. The number of unbranched alkanes of at least 4 members (excludes halogenated alkanes) is 2. The van der Waals surface area contributed by atoms with Gasteiger partial charge in [-0.05, 0) is 47.0 Å². The van der Waals surface area contributed by atoms with E-state index in [1.54, 1.807) is 0 Å². The van der Waals surface area contributed by atoms with E-state index in [0.29, 0.717) is 26.0 Å². The second-order valence-electron chi connectivity index (χ2n) is 7.06. The summed E-state index contributed by atoms with van der Waals surface area (Å²) < 4.78 is 11.2. The van der Waals surface area contributed by atoms with Crippen LogP contribution in [0.2, 0.25) is 0 Å². The lowest BCUT2D eigenvalue weighted by atomic mass is 10.0. The molecule has 136 valence electrons. The molecule has 6 heteroatoms. The molecular formula is C17H34N2O4. The average molecular weight is 330 g/mol. The summed E-state index contributed by atoms with van der Waals surface area (Å²) in [4.78, 5) is 22.4. The first kappa shape index (κ1) is 21.7. The first-order chi connectivity index (χ1) is 10.6. The Bertz CT molecular complexity index is 368. The van der Waals surface area contributed by atoms with Crippen molar-refractivity contribution in [1.82, 2.24) is 5.32 Å². The predicted molar refractivity (Wildman–Crippen MR) is 91.2 cm³/mol. The normalized spacial score (nSPS) is 12.0. The van der Waals surface area contributed by atoms with Crippen molar-refractivity contribution in [3.8, 4) is 0 Å². The molecule has 0 aromatic heterocycles. The largest absolute Gasteiger partial charge is 0.443 e. The zero-order valence-corrected chi connectivity index (χ0v) is 15.4. The number of nitrogens with two attached hydrogens (primary N) is 1. The second-order valence-corrected chi connectivity index (χ2v) is 7.06. The minimum atomic E-state index is -0.570. The van der Waals surface area contributed by atoms with Gasteiger partial charge in [-0.3, -0.25) is 4.79 Å². The standard InChI is InChI=1S/C17H34N2O4/c1-6-16(2,3)22-13-11-17(4,5)23-15(21)19-12-9-7-8-10-14(18)20/h6-13H2,1-5H3,(H2,18,20)(H,19,21). The molecule has 0 aromatic rings. The lowest BCUT2D eigenvalue weighted by molar-refractivity contribution is -0.118. The average Bonchev–Trinajstić information content (AvgIpc) is 2.41. The van der Waals surface area contributed by atoms with E-state index in [1.807, 2.05) is 27.7 Å². The fourth-order valence-electron chi connectivity index (χ4n) is 1.80. The quantitative estimate of drug-likeness (QED) is 0.538. The van der Waals surface area contributed by atoms with E-state index >= 15 is 0 Å². The van der Waals surface area contributed by atoms with E-state index in [-0.39, 0.29) is 11.5 Å². The van der Waals surface area contributed by atoms with Crippen LogP contribution in [0.25, 0.3) is 0 Å². The van der Waals surface area contributed by atoms with Gasteiger partial charge < -0.3 is 20.5 Å². The highest BCUT2D eigenvalue weighted by Crippen LogP contribution is 2.19. The van der Waals surface area contributed by atoms with Crippen LogP contribution in [0.15, 0.2) is 0 Å². The maximum absolute atomic E-state index is 11.8. The fraction of sp³-hybridized carbons (Fsp3) is 0.882. The highest BCUT2D eigenvalue weighted by molar-refractivity contribution is 5.73. The molecule has 23 heavy (non-hydrogen) atoms. The van der Waals surface area contributed by atoms with E-state index in [9.17, 15) is 9.59 Å². The molecule has 0 atom stereocenters. The Morgan fingerprint density at radius 3 is 2.26 bits per heavy atom. The van der Waals surface area contributed by atoms with E-state index in [2.05, 4.69) is 12.2 Å². The highest BCUT2D eigenvalue weighted by Gasteiger charge is 2.24. The summed E-state index contributed by atoms with van der Waals surface area (Å²) in [5.74, 6) is -0.285. The summed E-state index contributed by atoms with van der Waals surface area (Å²) >= 11 is 0. The van der Waals surface area contributed by atoms with Gasteiger partial charge in [0.2, 0.25) is 5.91 Å². The van der Waals surface area contributed by atoms with Gasteiger partial charge in [-0.2, -0.15) is 0 Å². The van der Waals surface area contributed by atoms with Crippen molar-refractivity contribution in [1.29, 1.82) is 0 Å². The smallest absolute Gasteiger partial charge is 0.407 e. The molecule has 0 aliphatic heterocycles. The molecule has 3 N–H and O–H groups in total. The number of rotatable bonds is 12. The number of amides is 2. The monoisotopic (exact) mass is 330 g/mol. The van der Waals surface area contributed by atoms with Crippen LogP contribution in [0.3, 0.4) is 0 Å². The van der Waals surface area contributed by atoms with Crippen LogP contribution in [0, 0.1) is 0 Å². The molecular weight excluding hydrogens is 296 g/mol. The molecule has 2 amide bonds. The van der Waals surface area contributed by atoms with Gasteiger partial charge in [0, 0.05) is 19.4 Å². The molecule has 0 aliphatic carbocycles. The van der Waals surface area contributed by atoms with Crippen molar-refractivity contribution < 1.29 is 19.1 Å². The highest BCUT2D eigenvalue weighted by atomic mass is 16.6. The van der Waals surface area contributed by atoms with Crippen molar-refractivity contribution in [3.63, 3.8) is 0 Å². The van der Waals surface area contributed by atoms with Gasteiger partial charge in [0.15, 0.2) is 0 Å². The number of hydrogen-bond donors (Lipinski definition) is 2. The van der Waals surface area contributed by atoms with E-state index in [0.717, 1.165) is 25.7 Å². The maximum Gasteiger partial charge on any atom is 0.407 e. The minimum absolute atomic E-state index is 0.150. The van der Waals surface area contributed by atoms with Gasteiger partial charge in [0.05, 0.1) is 12.2 Å². The molecule has 6 nitrogen and oxygen atoms in total. The van der Waals surface area contributed by atoms with Gasteiger partial charge in [0.25, 0.3) is 0 Å². The third-order valence-electron chi connectivity index (χ3n) is 3.79. The van der Waals surface area contributed by atoms with Crippen LogP contribution in [0.4, 0.5) is 4.79 Å². The van der Waals surface area contributed by atoms with Crippen LogP contribution >= 0.6 is 0 Å². The van der Waals surface area contributed by atoms with Crippen molar-refractivity contribution in [2.75, 3.05) is 13.2 Å². The Morgan fingerprint density at radius 2 is 1.70 bits per heavy atom. The molecule has 0 radical (unpaired) electrons. The molecule has 0 aromatic carbocycles. The van der Waals surface area contributed by atoms with Crippen molar-refractivity contribution in [2.45, 2.75) is 84.3 Å². The lowest BCUT2D eigenvalue weighted by Gasteiger charge is -2.28. The Kier molecular flexibility index (Phi) is 9.88. The van der Waals surface area contributed by atoms with E-state index < -0.39 is 11.7 Å². The first-order valence-electron chi connectivity index (χ1n) is 8.47. The van der Waals surface area contributed by atoms with Crippen molar-refractivity contribution >= 4 is 12.0 Å². The lowest BCUT2D eigenvalue weighted by Crippen LogP contribution is -2.36. The molecule has 0 heterocycles. The second kappa shape index (κ2) is 10.5. The van der Waals surface area contributed by atoms with E-state index in [4.69, 9.17) is 15.2 Å². The third-order valence-corrected chi connectivity index (χ3v) is 3.79. The number of carbonyl (C=O) groups excluding carboxylic acids is 2. The van der Waals surface area contributed by atoms with Gasteiger partial charge in [0.1, 0.15) is 5.60 Å². The third kappa shape index (κ3) is 12.9. The molecule has 0 bridgehead atoms. The van der Waals surface area contributed by atoms with Crippen LogP contribution in [0.5, 0.6) is 0 Å². The van der Waals surface area contributed by atoms with Crippen LogP contribution in [0.1, 0.15) is 73.1 Å². The molecule has 0 saturated heterocycles. The van der Waals surface area contributed by atoms with Gasteiger partial charge in [-0.1, -0.05) is 13.3 Å². The van der Waals surface area contributed by atoms with E-state index in [1.165, 1.54) is 0 Å². The van der Waals surface area contributed by atoms with Crippen molar-refractivity contribution in [2.24, 2.45) is 5.73 Å². The number of primary amides is 1. The van der Waals surface area contributed by atoms with Crippen molar-refractivity contribution in [3.05, 3.63) is 0 Å². The van der Waals surface area contributed by atoms with Crippen LogP contribution < -0.4 is 11.1 Å². The Morgan fingerprint density at radius 1 is 1.04 bits per heavy atom. The predicted octanol–water partition coefficient (Wildman–Crippen LogP) is 3.13. The molecule has 0 fully saturated rings. The van der Waals surface area contributed by atoms with Gasteiger partial charge in [-0.25, -0.2) is 4.79 Å². The summed E-state index contributed by atoms with van der Waals surface area (Å²) in [6.07, 6.45) is 3.96. The zero-order chi connectivity index (χ0) is 17.9. The Labute approximate surface area is 140 Å². The Balaban J connectivity index is 3.83. The summed E-state index contributed by atoms with van der Waals surface area (Å²) in [6, 6.07) is 0. The van der Waals surface area contributed by atoms with Gasteiger partial charge in [-0.15, -0.1) is 0 Å². The fourth-order valence-corrected chi connectivity index (χ4v) is 1.80. The topological polar surface area (TPSA) is 90.7 Å². The van der Waals surface area contributed by atoms with Crippen LogP contribution in [-0.4, -0.2) is 36.4 Å². The number of carbonyl (C=O) groups is 2. The minimum Gasteiger partial charge on any atom is -0.443 e. The number of ether oxygens (including phenoxy) is 2.